The lowest BCUT2D eigenvalue weighted by Gasteiger charge is -2.23. The van der Waals surface area contributed by atoms with Gasteiger partial charge in [-0.1, -0.05) is 54.2 Å². The van der Waals surface area contributed by atoms with E-state index in [9.17, 15) is 18.3 Å². The summed E-state index contributed by atoms with van der Waals surface area (Å²) < 4.78 is 42.6. The van der Waals surface area contributed by atoms with Crippen LogP contribution in [0.3, 0.4) is 0 Å². The van der Waals surface area contributed by atoms with Crippen molar-refractivity contribution in [3.63, 3.8) is 0 Å². The maximum absolute atomic E-state index is 12.4. The van der Waals surface area contributed by atoms with Gasteiger partial charge in [0.05, 0.1) is 5.69 Å². The highest BCUT2D eigenvalue weighted by Gasteiger charge is 2.39. The predicted octanol–water partition coefficient (Wildman–Crippen LogP) is 5.78. The molecule has 2 fully saturated rings. The Morgan fingerprint density at radius 3 is 2.45 bits per heavy atom. The van der Waals surface area contributed by atoms with Gasteiger partial charge >= 0.3 is 6.36 Å². The standard InChI is InChI=1S/C30H29F3N6O2S/c1-18-4-3-5-19(2)26(18)38-14-15-42-29(38)36-28(40)35-25-16-24(25)20-6-8-21(9-7-20)27-34-17-39(37-27)22-10-12-23(13-11-22)41-30(31,32)33/h3-13,17,24-25,28,35,40H,14-16H2,1-2H3. The molecule has 2 heterocycles. The number of aliphatic imine (C=N–C) groups is 1. The van der Waals surface area contributed by atoms with Crippen molar-refractivity contribution in [2.45, 2.75) is 44.9 Å². The highest BCUT2D eigenvalue weighted by Crippen LogP contribution is 2.41. The Kier molecular flexibility index (Phi) is 7.69. The molecule has 6 rings (SSSR count). The summed E-state index contributed by atoms with van der Waals surface area (Å²) in [6.45, 7) is 5.05. The Labute approximate surface area is 245 Å². The third-order valence-corrected chi connectivity index (χ3v) is 8.27. The van der Waals surface area contributed by atoms with E-state index in [1.54, 1.807) is 11.8 Å². The molecule has 1 aliphatic carbocycles. The number of hydrogen-bond acceptors (Lipinski definition) is 7. The number of thioether (sulfide) groups is 1. The number of aryl methyl sites for hydroxylation is 2. The number of nitrogens with zero attached hydrogens (tertiary/aromatic N) is 5. The van der Waals surface area contributed by atoms with Gasteiger partial charge in [0.15, 0.2) is 11.0 Å². The van der Waals surface area contributed by atoms with Gasteiger partial charge in [0.1, 0.15) is 12.1 Å². The van der Waals surface area contributed by atoms with Crippen LogP contribution in [0.15, 0.2) is 78.0 Å². The van der Waals surface area contributed by atoms with E-state index in [4.69, 9.17) is 0 Å². The van der Waals surface area contributed by atoms with Crippen LogP contribution in [0.5, 0.6) is 5.75 Å². The number of halogens is 3. The molecule has 0 spiro atoms. The van der Waals surface area contributed by atoms with Gasteiger partial charge in [0.2, 0.25) is 6.35 Å². The molecule has 3 atom stereocenters. The lowest BCUT2D eigenvalue weighted by molar-refractivity contribution is -0.274. The Bertz CT molecular complexity index is 1570. The molecule has 0 radical (unpaired) electrons. The summed E-state index contributed by atoms with van der Waals surface area (Å²) in [5, 5.41) is 19.3. The average molecular weight is 595 g/mol. The van der Waals surface area contributed by atoms with E-state index in [1.165, 1.54) is 46.4 Å². The molecular formula is C30H29F3N6O2S. The van der Waals surface area contributed by atoms with Crippen LogP contribution in [0.2, 0.25) is 0 Å². The van der Waals surface area contributed by atoms with Crippen molar-refractivity contribution >= 4 is 22.6 Å². The van der Waals surface area contributed by atoms with Crippen molar-refractivity contribution in [3.8, 4) is 22.8 Å². The van der Waals surface area contributed by atoms with Crippen molar-refractivity contribution in [1.29, 1.82) is 0 Å². The van der Waals surface area contributed by atoms with Gasteiger partial charge < -0.3 is 14.7 Å². The topological polar surface area (TPSA) is 87.8 Å². The molecule has 0 amide bonds. The van der Waals surface area contributed by atoms with E-state index in [-0.39, 0.29) is 17.7 Å². The van der Waals surface area contributed by atoms with Gasteiger partial charge in [-0.15, -0.1) is 18.3 Å². The monoisotopic (exact) mass is 594 g/mol. The quantitative estimate of drug-likeness (QED) is 0.250. The number of aromatic nitrogens is 3. The molecule has 2 aliphatic rings. The number of alkyl halides is 3. The van der Waals surface area contributed by atoms with Crippen molar-refractivity contribution in [1.82, 2.24) is 20.1 Å². The van der Waals surface area contributed by atoms with E-state index >= 15 is 0 Å². The Hall–Kier alpha value is -3.87. The highest BCUT2D eigenvalue weighted by molar-refractivity contribution is 8.14. The number of para-hydroxylation sites is 1. The largest absolute Gasteiger partial charge is 0.573 e. The Morgan fingerprint density at radius 1 is 1.05 bits per heavy atom. The zero-order valence-electron chi connectivity index (χ0n) is 22.9. The number of rotatable bonds is 8. The van der Waals surface area contributed by atoms with Gasteiger partial charge in [-0.05, 0) is 61.2 Å². The van der Waals surface area contributed by atoms with E-state index in [2.05, 4.69) is 62.1 Å². The van der Waals surface area contributed by atoms with Gasteiger partial charge in [0.25, 0.3) is 0 Å². The first-order valence-electron chi connectivity index (χ1n) is 13.5. The van der Waals surface area contributed by atoms with Crippen LogP contribution >= 0.6 is 11.8 Å². The number of nitrogens with one attached hydrogen (secondary N) is 1. The molecule has 3 unspecified atom stereocenters. The van der Waals surface area contributed by atoms with Crippen molar-refractivity contribution in [2.24, 2.45) is 4.99 Å². The van der Waals surface area contributed by atoms with Gasteiger partial charge in [0, 0.05) is 35.5 Å². The van der Waals surface area contributed by atoms with E-state index in [1.807, 2.05) is 24.3 Å². The summed E-state index contributed by atoms with van der Waals surface area (Å²) in [7, 11) is 0. The van der Waals surface area contributed by atoms with E-state index in [0.29, 0.717) is 11.5 Å². The summed E-state index contributed by atoms with van der Waals surface area (Å²) in [4.78, 5) is 11.1. The number of hydrogen-bond donors (Lipinski definition) is 2. The molecule has 218 valence electrons. The predicted molar refractivity (Wildman–Crippen MR) is 157 cm³/mol. The van der Waals surface area contributed by atoms with Crippen LogP contribution in [0.25, 0.3) is 17.1 Å². The summed E-state index contributed by atoms with van der Waals surface area (Å²) in [6, 6.07) is 19.7. The normalized spacial score (nSPS) is 20.2. The summed E-state index contributed by atoms with van der Waals surface area (Å²) in [6.07, 6.45) is -3.32. The first kappa shape index (κ1) is 28.3. The van der Waals surface area contributed by atoms with Crippen LogP contribution in [0.1, 0.15) is 29.0 Å². The lowest BCUT2D eigenvalue weighted by Crippen LogP contribution is -2.33. The minimum absolute atomic E-state index is 0.122. The maximum atomic E-state index is 12.4. The van der Waals surface area contributed by atoms with Crippen LogP contribution in [0, 0.1) is 13.8 Å². The molecule has 1 saturated heterocycles. The summed E-state index contributed by atoms with van der Waals surface area (Å²) in [5.74, 6) is 1.39. The molecule has 1 saturated carbocycles. The van der Waals surface area contributed by atoms with E-state index in [0.717, 1.165) is 40.7 Å². The van der Waals surface area contributed by atoms with Crippen LogP contribution in [0.4, 0.5) is 18.9 Å². The average Bonchev–Trinajstić information content (AvgIpc) is 3.29. The third kappa shape index (κ3) is 6.30. The molecule has 2 N–H and O–H groups in total. The number of aliphatic hydroxyl groups is 1. The fourth-order valence-corrected chi connectivity index (χ4v) is 6.20. The molecule has 42 heavy (non-hydrogen) atoms. The molecule has 4 aromatic rings. The minimum Gasteiger partial charge on any atom is -0.406 e. The molecule has 1 aromatic heterocycles. The zero-order valence-corrected chi connectivity index (χ0v) is 23.7. The lowest BCUT2D eigenvalue weighted by atomic mass is 10.1. The van der Waals surface area contributed by atoms with Crippen molar-refractivity contribution in [2.75, 3.05) is 17.2 Å². The van der Waals surface area contributed by atoms with Gasteiger partial charge in [-0.25, -0.2) is 14.7 Å². The molecule has 8 nitrogen and oxygen atoms in total. The molecule has 12 heteroatoms. The number of benzene rings is 3. The zero-order chi connectivity index (χ0) is 29.4. The first-order chi connectivity index (χ1) is 20.1. The number of anilines is 1. The number of ether oxygens (including phenoxy) is 1. The summed E-state index contributed by atoms with van der Waals surface area (Å²) >= 11 is 1.65. The molecular weight excluding hydrogens is 565 g/mol. The second-order valence-electron chi connectivity index (χ2n) is 10.3. The summed E-state index contributed by atoms with van der Waals surface area (Å²) in [5.41, 5.74) is 6.05. The first-order valence-corrected chi connectivity index (χ1v) is 14.5. The smallest absolute Gasteiger partial charge is 0.406 e. The Balaban J connectivity index is 1.06. The SMILES string of the molecule is Cc1cccc(C)c1N1CCSC1=NC(O)NC1CC1c1ccc(-c2ncn(-c3ccc(OC(F)(F)F)cc3)n2)cc1. The van der Waals surface area contributed by atoms with Gasteiger partial charge in [-0.3, -0.25) is 5.32 Å². The number of amidine groups is 1. The Morgan fingerprint density at radius 2 is 1.76 bits per heavy atom. The fourth-order valence-electron chi connectivity index (χ4n) is 5.23. The maximum Gasteiger partial charge on any atom is 0.573 e. The van der Waals surface area contributed by atoms with Crippen molar-refractivity contribution < 1.29 is 23.0 Å². The minimum atomic E-state index is -4.74. The van der Waals surface area contributed by atoms with Crippen molar-refractivity contribution in [3.05, 3.63) is 89.7 Å². The molecule has 0 bridgehead atoms. The van der Waals surface area contributed by atoms with E-state index < -0.39 is 12.7 Å². The van der Waals surface area contributed by atoms with Gasteiger partial charge in [-0.2, -0.15) is 0 Å². The molecule has 1 aliphatic heterocycles. The van der Waals surface area contributed by atoms with Crippen LogP contribution in [-0.2, 0) is 0 Å². The molecule has 3 aromatic carbocycles. The second kappa shape index (κ2) is 11.4. The highest BCUT2D eigenvalue weighted by atomic mass is 32.2. The fraction of sp³-hybridized carbons (Fsp3) is 0.300. The second-order valence-corrected chi connectivity index (χ2v) is 11.4. The number of aliphatic hydroxyl groups excluding tert-OH is 1. The van der Waals surface area contributed by atoms with Crippen LogP contribution in [-0.4, -0.2) is 56.1 Å². The third-order valence-electron chi connectivity index (χ3n) is 7.30. The van der Waals surface area contributed by atoms with Crippen LogP contribution < -0.4 is 15.0 Å².